The van der Waals surface area contributed by atoms with Gasteiger partial charge in [-0.2, -0.15) is 0 Å². The molecule has 1 amide bonds. The number of halogens is 4. The number of benzene rings is 1. The molecule has 0 radical (unpaired) electrons. The number of hydrogen-bond donors (Lipinski definition) is 2. The van der Waals surface area contributed by atoms with E-state index in [9.17, 15) is 4.79 Å². The van der Waals surface area contributed by atoms with Crippen LogP contribution in [0.4, 0.5) is 0 Å². The van der Waals surface area contributed by atoms with Gasteiger partial charge < -0.3 is 9.73 Å². The molecule has 1 aromatic carbocycles. The predicted octanol–water partition coefficient (Wildman–Crippen LogP) is 4.15. The molecular weight excluding hydrogens is 370 g/mol. The SMILES string of the molecule is O=C(NC(NCc1ccco1)C(Cl)(Cl)Cl)c1cccc(Cl)c1. The Bertz CT molecular complexity index is 626. The molecule has 0 saturated heterocycles. The summed E-state index contributed by atoms with van der Waals surface area (Å²) in [6.07, 6.45) is 0.625. The summed E-state index contributed by atoms with van der Waals surface area (Å²) in [5.41, 5.74) is 0.367. The molecule has 2 rings (SSSR count). The van der Waals surface area contributed by atoms with Crippen molar-refractivity contribution in [3.8, 4) is 0 Å². The van der Waals surface area contributed by atoms with E-state index in [-0.39, 0.29) is 0 Å². The monoisotopic (exact) mass is 380 g/mol. The first-order chi connectivity index (χ1) is 10.4. The maximum absolute atomic E-state index is 12.2. The van der Waals surface area contributed by atoms with Crippen LogP contribution in [0.3, 0.4) is 0 Å². The molecule has 0 aliphatic rings. The fourth-order valence-corrected chi connectivity index (χ4v) is 2.29. The molecule has 1 atom stereocenters. The van der Waals surface area contributed by atoms with Crippen LogP contribution >= 0.6 is 46.4 Å². The lowest BCUT2D eigenvalue weighted by atomic mass is 10.2. The average molecular weight is 382 g/mol. The standard InChI is InChI=1S/C14H12Cl4N2O2/c15-10-4-1-3-9(7-10)12(21)20-13(14(16,17)18)19-8-11-5-2-6-22-11/h1-7,13,19H,8H2,(H,20,21). The Morgan fingerprint density at radius 2 is 2.00 bits per heavy atom. The number of carbonyl (C=O) groups excluding carboxylic acids is 1. The second-order valence-corrected chi connectivity index (χ2v) is 7.22. The molecule has 2 N–H and O–H groups in total. The van der Waals surface area contributed by atoms with Crippen molar-refractivity contribution in [1.29, 1.82) is 0 Å². The summed E-state index contributed by atoms with van der Waals surface area (Å²) in [7, 11) is 0. The zero-order valence-electron chi connectivity index (χ0n) is 11.2. The molecule has 0 saturated carbocycles. The summed E-state index contributed by atoms with van der Waals surface area (Å²) >= 11 is 23.6. The zero-order valence-corrected chi connectivity index (χ0v) is 14.2. The first-order valence-corrected chi connectivity index (χ1v) is 7.76. The van der Waals surface area contributed by atoms with Crippen molar-refractivity contribution < 1.29 is 9.21 Å². The number of nitrogens with one attached hydrogen (secondary N) is 2. The predicted molar refractivity (Wildman–Crippen MR) is 88.5 cm³/mol. The first kappa shape index (κ1) is 17.4. The molecule has 1 unspecified atom stereocenters. The second kappa shape index (κ2) is 7.57. The highest BCUT2D eigenvalue weighted by Gasteiger charge is 2.34. The molecule has 0 fully saturated rings. The summed E-state index contributed by atoms with van der Waals surface area (Å²) in [6, 6.07) is 9.98. The second-order valence-electron chi connectivity index (χ2n) is 4.42. The Kier molecular flexibility index (Phi) is 6.01. The lowest BCUT2D eigenvalue weighted by Gasteiger charge is -2.26. The number of rotatable bonds is 5. The number of carbonyl (C=O) groups is 1. The minimum Gasteiger partial charge on any atom is -0.468 e. The maximum Gasteiger partial charge on any atom is 0.252 e. The smallest absolute Gasteiger partial charge is 0.252 e. The molecule has 118 valence electrons. The Hall–Kier alpha value is -0.910. The number of hydrogen-bond acceptors (Lipinski definition) is 3. The summed E-state index contributed by atoms with van der Waals surface area (Å²) < 4.78 is 3.44. The first-order valence-electron chi connectivity index (χ1n) is 6.25. The van der Waals surface area contributed by atoms with Crippen LogP contribution in [0.1, 0.15) is 16.1 Å². The van der Waals surface area contributed by atoms with Gasteiger partial charge in [0.25, 0.3) is 5.91 Å². The van der Waals surface area contributed by atoms with E-state index in [1.807, 2.05) is 0 Å². The summed E-state index contributed by atoms with van der Waals surface area (Å²) in [5, 5.41) is 5.99. The van der Waals surface area contributed by atoms with Crippen LogP contribution in [0.25, 0.3) is 0 Å². The van der Waals surface area contributed by atoms with Gasteiger partial charge in [-0.3, -0.25) is 10.1 Å². The third-order valence-electron chi connectivity index (χ3n) is 2.75. The van der Waals surface area contributed by atoms with E-state index in [1.165, 1.54) is 12.3 Å². The Labute approximate surface area is 147 Å². The molecule has 2 aromatic rings. The van der Waals surface area contributed by atoms with Crippen LogP contribution in [-0.4, -0.2) is 15.9 Å². The van der Waals surface area contributed by atoms with Gasteiger partial charge in [-0.25, -0.2) is 0 Å². The third-order valence-corrected chi connectivity index (χ3v) is 3.64. The molecule has 0 spiro atoms. The van der Waals surface area contributed by atoms with E-state index in [1.54, 1.807) is 30.3 Å². The van der Waals surface area contributed by atoms with Gasteiger partial charge in [-0.1, -0.05) is 52.5 Å². The van der Waals surface area contributed by atoms with Crippen LogP contribution in [0.5, 0.6) is 0 Å². The number of alkyl halides is 3. The minimum atomic E-state index is -1.74. The van der Waals surface area contributed by atoms with Crippen LogP contribution in [0, 0.1) is 0 Å². The van der Waals surface area contributed by atoms with E-state index < -0.39 is 15.9 Å². The van der Waals surface area contributed by atoms with Gasteiger partial charge in [0.05, 0.1) is 12.8 Å². The summed E-state index contributed by atoms with van der Waals surface area (Å²) in [4.78, 5) is 12.2. The molecule has 4 nitrogen and oxygen atoms in total. The normalized spacial score (nSPS) is 12.9. The molecule has 1 heterocycles. The van der Waals surface area contributed by atoms with Crippen molar-refractivity contribution in [2.45, 2.75) is 16.5 Å². The third kappa shape index (κ3) is 5.07. The van der Waals surface area contributed by atoms with Crippen molar-refractivity contribution in [3.63, 3.8) is 0 Å². The van der Waals surface area contributed by atoms with Gasteiger partial charge in [0, 0.05) is 10.6 Å². The largest absolute Gasteiger partial charge is 0.468 e. The quantitative estimate of drug-likeness (QED) is 0.604. The van der Waals surface area contributed by atoms with E-state index >= 15 is 0 Å². The van der Waals surface area contributed by atoms with Gasteiger partial charge >= 0.3 is 0 Å². The number of furan rings is 1. The highest BCUT2D eigenvalue weighted by Crippen LogP contribution is 2.29. The Balaban J connectivity index is 2.04. The van der Waals surface area contributed by atoms with E-state index in [0.717, 1.165) is 0 Å². The van der Waals surface area contributed by atoms with Crippen LogP contribution in [0.15, 0.2) is 47.1 Å². The van der Waals surface area contributed by atoms with Crippen molar-refractivity contribution in [3.05, 3.63) is 59.0 Å². The van der Waals surface area contributed by atoms with Gasteiger partial charge in [0.15, 0.2) is 0 Å². The van der Waals surface area contributed by atoms with Gasteiger partial charge in [0.2, 0.25) is 3.79 Å². The van der Waals surface area contributed by atoms with Crippen LogP contribution in [-0.2, 0) is 6.54 Å². The highest BCUT2D eigenvalue weighted by atomic mass is 35.6. The molecule has 0 aliphatic heterocycles. The lowest BCUT2D eigenvalue weighted by molar-refractivity contribution is 0.0928. The highest BCUT2D eigenvalue weighted by molar-refractivity contribution is 6.68. The van der Waals surface area contributed by atoms with Gasteiger partial charge in [-0.15, -0.1) is 0 Å². The minimum absolute atomic E-state index is 0.293. The summed E-state index contributed by atoms with van der Waals surface area (Å²) in [6.45, 7) is 0.293. The lowest BCUT2D eigenvalue weighted by Crippen LogP contribution is -2.53. The maximum atomic E-state index is 12.2. The molecule has 0 bridgehead atoms. The Morgan fingerprint density at radius 1 is 1.23 bits per heavy atom. The van der Waals surface area contributed by atoms with Crippen molar-refractivity contribution >= 4 is 52.3 Å². The molecule has 1 aromatic heterocycles. The van der Waals surface area contributed by atoms with Crippen molar-refractivity contribution in [2.24, 2.45) is 0 Å². The van der Waals surface area contributed by atoms with Gasteiger partial charge in [-0.05, 0) is 30.3 Å². The van der Waals surface area contributed by atoms with Crippen molar-refractivity contribution in [2.75, 3.05) is 0 Å². The fourth-order valence-electron chi connectivity index (χ4n) is 1.71. The summed E-state index contributed by atoms with van der Waals surface area (Å²) in [5.74, 6) is 0.238. The van der Waals surface area contributed by atoms with Crippen molar-refractivity contribution in [1.82, 2.24) is 10.6 Å². The molecular formula is C14H12Cl4N2O2. The van der Waals surface area contributed by atoms with E-state index in [2.05, 4.69) is 10.6 Å². The number of amides is 1. The fraction of sp³-hybridized carbons (Fsp3) is 0.214. The van der Waals surface area contributed by atoms with Gasteiger partial charge in [0.1, 0.15) is 11.9 Å². The Morgan fingerprint density at radius 3 is 2.59 bits per heavy atom. The van der Waals surface area contributed by atoms with E-state index in [0.29, 0.717) is 22.9 Å². The zero-order chi connectivity index (χ0) is 16.2. The topological polar surface area (TPSA) is 54.3 Å². The molecule has 0 aliphatic carbocycles. The van der Waals surface area contributed by atoms with Crippen LogP contribution < -0.4 is 10.6 Å². The average Bonchev–Trinajstić information content (AvgIpc) is 2.95. The van der Waals surface area contributed by atoms with E-state index in [4.69, 9.17) is 50.8 Å². The molecule has 22 heavy (non-hydrogen) atoms. The molecule has 8 heteroatoms. The van der Waals surface area contributed by atoms with Crippen LogP contribution in [0.2, 0.25) is 5.02 Å².